The molecule has 0 radical (unpaired) electrons. The highest BCUT2D eigenvalue weighted by Crippen LogP contribution is 2.34. The van der Waals surface area contributed by atoms with Gasteiger partial charge in [0, 0.05) is 46.5 Å². The maximum absolute atomic E-state index is 10.4. The molecule has 0 saturated heterocycles. The van der Waals surface area contributed by atoms with E-state index in [0.717, 1.165) is 22.6 Å². The van der Waals surface area contributed by atoms with E-state index in [9.17, 15) is 5.11 Å². The van der Waals surface area contributed by atoms with Crippen LogP contribution in [0.4, 0.5) is 0 Å². The lowest BCUT2D eigenvalue weighted by molar-refractivity contribution is 0.0292. The van der Waals surface area contributed by atoms with Crippen LogP contribution in [0.5, 0.6) is 17.4 Å². The number of benzene rings is 2. The van der Waals surface area contributed by atoms with Gasteiger partial charge in [-0.2, -0.15) is 5.10 Å². The fraction of sp³-hybridized carbons (Fsp3) is 0.400. The van der Waals surface area contributed by atoms with Gasteiger partial charge in [-0.25, -0.2) is 4.68 Å². The summed E-state index contributed by atoms with van der Waals surface area (Å²) in [5.41, 5.74) is 2.77. The Labute approximate surface area is 195 Å². The Kier molecular flexibility index (Phi) is 9.26. The Bertz CT molecular complexity index is 976. The number of nitrogens with zero attached hydrogens (tertiary/aromatic N) is 3. The number of hydrogen-bond donors (Lipinski definition) is 1. The summed E-state index contributed by atoms with van der Waals surface area (Å²) in [7, 11) is 6.75. The van der Waals surface area contributed by atoms with Gasteiger partial charge in [-0.05, 0) is 24.3 Å². The second-order valence-corrected chi connectivity index (χ2v) is 7.74. The quantitative estimate of drug-likeness (QED) is 0.423. The van der Waals surface area contributed by atoms with Crippen LogP contribution in [0.2, 0.25) is 0 Å². The summed E-state index contributed by atoms with van der Waals surface area (Å²) in [5.74, 6) is 2.08. The van der Waals surface area contributed by atoms with Gasteiger partial charge in [-0.1, -0.05) is 30.3 Å². The van der Waals surface area contributed by atoms with E-state index in [-0.39, 0.29) is 6.61 Å². The summed E-state index contributed by atoms with van der Waals surface area (Å²) in [6, 6.07) is 17.5. The maximum Gasteiger partial charge on any atom is 0.222 e. The van der Waals surface area contributed by atoms with Crippen molar-refractivity contribution in [1.82, 2.24) is 14.7 Å². The van der Waals surface area contributed by atoms with Crippen molar-refractivity contribution in [2.75, 3.05) is 47.6 Å². The summed E-state index contributed by atoms with van der Waals surface area (Å²) in [5, 5.41) is 15.2. The molecule has 0 aliphatic rings. The normalized spacial score (nSPS) is 12.2. The number of methoxy groups -OCH3 is 3. The molecule has 1 aromatic heterocycles. The first kappa shape index (κ1) is 24.7. The largest absolute Gasteiger partial charge is 0.497 e. The molecule has 178 valence electrons. The molecule has 0 amide bonds. The van der Waals surface area contributed by atoms with Gasteiger partial charge >= 0.3 is 0 Å². The Morgan fingerprint density at radius 2 is 1.67 bits per heavy atom. The summed E-state index contributed by atoms with van der Waals surface area (Å²) < 4.78 is 23.7. The van der Waals surface area contributed by atoms with Crippen LogP contribution in [-0.4, -0.2) is 73.5 Å². The van der Waals surface area contributed by atoms with Crippen molar-refractivity contribution in [2.24, 2.45) is 7.05 Å². The molecule has 1 heterocycles. The second kappa shape index (κ2) is 12.4. The third-order valence-corrected chi connectivity index (χ3v) is 5.23. The first-order chi connectivity index (χ1) is 16.0. The van der Waals surface area contributed by atoms with Crippen molar-refractivity contribution >= 4 is 0 Å². The van der Waals surface area contributed by atoms with Gasteiger partial charge in [0.2, 0.25) is 5.88 Å². The average molecular weight is 456 g/mol. The van der Waals surface area contributed by atoms with Gasteiger partial charge in [-0.3, -0.25) is 4.90 Å². The molecule has 0 saturated carbocycles. The SMILES string of the molecule is COCCN(Cc1c(-c2ccccc2)nn(C)c1Oc1ccc(OC)cc1)CC(O)COC. The Morgan fingerprint density at radius 1 is 0.970 bits per heavy atom. The standard InChI is InChI=1S/C25H33N3O5/c1-27-25(33-22-12-10-21(32-4)11-13-22)23(24(26-27)19-8-6-5-7-9-19)17-28(14-15-30-2)16-20(29)18-31-3/h5-13,20,29H,14-18H2,1-4H3. The molecule has 0 aliphatic heterocycles. The fourth-order valence-corrected chi connectivity index (χ4v) is 3.63. The smallest absolute Gasteiger partial charge is 0.222 e. The first-order valence-corrected chi connectivity index (χ1v) is 10.9. The van der Waals surface area contributed by atoms with Crippen molar-refractivity contribution < 1.29 is 24.1 Å². The van der Waals surface area contributed by atoms with Gasteiger partial charge in [0.15, 0.2) is 0 Å². The summed E-state index contributed by atoms with van der Waals surface area (Å²) in [6.07, 6.45) is -0.616. The third-order valence-electron chi connectivity index (χ3n) is 5.23. The van der Waals surface area contributed by atoms with Gasteiger partial charge in [-0.15, -0.1) is 0 Å². The minimum Gasteiger partial charge on any atom is -0.497 e. The molecular weight excluding hydrogens is 422 g/mol. The van der Waals surface area contributed by atoms with Crippen LogP contribution in [0.1, 0.15) is 5.56 Å². The van der Waals surface area contributed by atoms with Crippen molar-refractivity contribution in [3.63, 3.8) is 0 Å². The molecule has 0 bridgehead atoms. The first-order valence-electron chi connectivity index (χ1n) is 10.9. The molecule has 1 N–H and O–H groups in total. The van der Waals surface area contributed by atoms with E-state index in [1.165, 1.54) is 0 Å². The summed E-state index contributed by atoms with van der Waals surface area (Å²) in [4.78, 5) is 2.12. The topological polar surface area (TPSA) is 78.2 Å². The van der Waals surface area contributed by atoms with E-state index in [1.807, 2.05) is 61.6 Å². The van der Waals surface area contributed by atoms with Crippen LogP contribution in [0.3, 0.4) is 0 Å². The van der Waals surface area contributed by atoms with Crippen LogP contribution in [-0.2, 0) is 23.1 Å². The zero-order chi connectivity index (χ0) is 23.6. The molecule has 3 rings (SSSR count). The molecule has 8 heteroatoms. The monoisotopic (exact) mass is 455 g/mol. The second-order valence-electron chi connectivity index (χ2n) is 7.74. The average Bonchev–Trinajstić information content (AvgIpc) is 3.13. The van der Waals surface area contributed by atoms with Crippen LogP contribution >= 0.6 is 0 Å². The Balaban J connectivity index is 1.97. The number of hydrogen-bond acceptors (Lipinski definition) is 7. The van der Waals surface area contributed by atoms with Gasteiger partial charge in [0.1, 0.15) is 17.2 Å². The number of rotatable bonds is 13. The number of aliphatic hydroxyl groups is 1. The van der Waals surface area contributed by atoms with E-state index < -0.39 is 6.10 Å². The predicted octanol–water partition coefficient (Wildman–Crippen LogP) is 3.34. The third kappa shape index (κ3) is 6.79. The van der Waals surface area contributed by atoms with Gasteiger partial charge in [0.25, 0.3) is 0 Å². The van der Waals surface area contributed by atoms with Gasteiger partial charge < -0.3 is 24.1 Å². The van der Waals surface area contributed by atoms with Crippen LogP contribution in [0.15, 0.2) is 54.6 Å². The van der Waals surface area contributed by atoms with E-state index in [1.54, 1.807) is 26.0 Å². The van der Waals surface area contributed by atoms with Crippen LogP contribution in [0.25, 0.3) is 11.3 Å². The highest BCUT2D eigenvalue weighted by molar-refractivity contribution is 5.65. The summed E-state index contributed by atoms with van der Waals surface area (Å²) >= 11 is 0. The predicted molar refractivity (Wildman–Crippen MR) is 127 cm³/mol. The Morgan fingerprint density at radius 3 is 2.30 bits per heavy atom. The number of aliphatic hydroxyl groups excluding tert-OH is 1. The number of aryl methyl sites for hydroxylation is 1. The molecule has 0 spiro atoms. The van der Waals surface area contributed by atoms with Crippen molar-refractivity contribution in [1.29, 1.82) is 0 Å². The van der Waals surface area contributed by atoms with E-state index in [0.29, 0.717) is 37.9 Å². The number of aromatic nitrogens is 2. The zero-order valence-corrected chi connectivity index (χ0v) is 19.7. The lowest BCUT2D eigenvalue weighted by Gasteiger charge is -2.25. The highest BCUT2D eigenvalue weighted by Gasteiger charge is 2.23. The van der Waals surface area contributed by atoms with E-state index >= 15 is 0 Å². The molecule has 1 unspecified atom stereocenters. The van der Waals surface area contributed by atoms with Crippen molar-refractivity contribution in [2.45, 2.75) is 12.6 Å². The number of ether oxygens (including phenoxy) is 4. The van der Waals surface area contributed by atoms with Crippen molar-refractivity contribution in [3.8, 4) is 28.6 Å². The van der Waals surface area contributed by atoms with Crippen LogP contribution in [0, 0.1) is 0 Å². The minimum atomic E-state index is -0.616. The van der Waals surface area contributed by atoms with E-state index in [4.69, 9.17) is 24.0 Å². The molecule has 33 heavy (non-hydrogen) atoms. The zero-order valence-electron chi connectivity index (χ0n) is 19.7. The fourth-order valence-electron chi connectivity index (χ4n) is 3.63. The molecule has 0 fully saturated rings. The molecule has 1 atom stereocenters. The Hall–Kier alpha value is -2.91. The van der Waals surface area contributed by atoms with Crippen molar-refractivity contribution in [3.05, 3.63) is 60.2 Å². The maximum atomic E-state index is 10.4. The molecule has 8 nitrogen and oxygen atoms in total. The molecule has 0 aliphatic carbocycles. The molecule has 2 aromatic carbocycles. The highest BCUT2D eigenvalue weighted by atomic mass is 16.5. The van der Waals surface area contributed by atoms with Crippen LogP contribution < -0.4 is 9.47 Å². The lowest BCUT2D eigenvalue weighted by Crippen LogP contribution is -2.36. The molecule has 3 aromatic rings. The van der Waals surface area contributed by atoms with Gasteiger partial charge in [0.05, 0.1) is 32.0 Å². The van der Waals surface area contributed by atoms with E-state index in [2.05, 4.69) is 4.90 Å². The minimum absolute atomic E-state index is 0.261. The summed E-state index contributed by atoms with van der Waals surface area (Å²) in [6.45, 7) is 2.39. The lowest BCUT2D eigenvalue weighted by atomic mass is 10.1. The molecular formula is C25H33N3O5.